The topological polar surface area (TPSA) is 35.5 Å². The van der Waals surface area contributed by atoms with Gasteiger partial charge in [-0.25, -0.2) is 0 Å². The first-order chi connectivity index (χ1) is 4.83. The number of carbonyl (C=O) groups excluding carboxylic acids is 1. The minimum atomic E-state index is -3.23. The van der Waals surface area contributed by atoms with E-state index in [2.05, 4.69) is 4.43 Å². The van der Waals surface area contributed by atoms with Crippen LogP contribution < -0.4 is 0 Å². The van der Waals surface area contributed by atoms with Crippen LogP contribution in [0.15, 0.2) is 0 Å². The molecule has 0 aliphatic carbocycles. The molecule has 0 aliphatic heterocycles. The third-order valence-corrected chi connectivity index (χ3v) is 2.90. The van der Waals surface area contributed by atoms with E-state index in [0.29, 0.717) is 0 Å². The minimum absolute atomic E-state index is 0.143. The molecule has 0 saturated carbocycles. The van der Waals surface area contributed by atoms with Crippen LogP contribution in [-0.2, 0) is 13.6 Å². The van der Waals surface area contributed by atoms with Gasteiger partial charge in [-0.15, -0.1) is 0 Å². The Morgan fingerprint density at radius 2 is 1.91 bits per heavy atom. The highest BCUT2D eigenvalue weighted by atomic mass is 35.7. The van der Waals surface area contributed by atoms with E-state index in [1.807, 2.05) is 0 Å². The molecule has 3 nitrogen and oxygen atoms in total. The van der Waals surface area contributed by atoms with Gasteiger partial charge in [-0.1, -0.05) is 22.2 Å². The van der Waals surface area contributed by atoms with Gasteiger partial charge in [-0.05, 0) is 13.8 Å². The predicted molar refractivity (Wildman–Crippen MR) is 45.4 cm³/mol. The van der Waals surface area contributed by atoms with Gasteiger partial charge in [-0.2, -0.15) is 0 Å². The van der Waals surface area contributed by atoms with Crippen molar-refractivity contribution in [1.82, 2.24) is 0 Å². The summed E-state index contributed by atoms with van der Waals surface area (Å²) in [4.78, 5) is 10.4. The van der Waals surface area contributed by atoms with Crippen LogP contribution in [0.5, 0.6) is 0 Å². The van der Waals surface area contributed by atoms with Crippen LogP contribution in [0.4, 0.5) is 0 Å². The standard InChI is InChI=1S/C5H10Cl2O3Si/c1-4(2)9-11(6,7)10-5(3)8/h4H,1-3H3. The smallest absolute Gasteiger partial charge is 0.472 e. The van der Waals surface area contributed by atoms with Crippen molar-refractivity contribution in [1.29, 1.82) is 0 Å². The van der Waals surface area contributed by atoms with Crippen LogP contribution in [0, 0.1) is 0 Å². The van der Waals surface area contributed by atoms with Gasteiger partial charge in [0.05, 0.1) is 0 Å². The average Bonchev–Trinajstić information content (AvgIpc) is 1.53. The number of hydrogen-bond acceptors (Lipinski definition) is 3. The molecule has 66 valence electrons. The van der Waals surface area contributed by atoms with Gasteiger partial charge < -0.3 is 8.85 Å². The molecule has 0 heterocycles. The zero-order chi connectivity index (χ0) is 9.07. The van der Waals surface area contributed by atoms with Gasteiger partial charge in [0, 0.05) is 13.0 Å². The highest BCUT2D eigenvalue weighted by molar-refractivity contribution is 7.39. The SMILES string of the molecule is CC(=O)O[Si](Cl)(Cl)OC(C)C. The highest BCUT2D eigenvalue weighted by Crippen LogP contribution is 2.19. The number of hydrogen-bond donors (Lipinski definition) is 0. The first-order valence-corrected chi connectivity index (χ1v) is 6.93. The molecule has 0 fully saturated rings. The van der Waals surface area contributed by atoms with Gasteiger partial charge in [-0.3, -0.25) is 4.79 Å². The molecule has 0 aromatic heterocycles. The van der Waals surface area contributed by atoms with Crippen molar-refractivity contribution in [3.05, 3.63) is 0 Å². The fraction of sp³-hybridized carbons (Fsp3) is 0.800. The molecule has 0 spiro atoms. The summed E-state index contributed by atoms with van der Waals surface area (Å²) >= 11 is 11.1. The molecular formula is C5H10Cl2O3Si. The van der Waals surface area contributed by atoms with Gasteiger partial charge in [0.2, 0.25) is 0 Å². The maximum atomic E-state index is 10.4. The Hall–Kier alpha value is 0.227. The van der Waals surface area contributed by atoms with E-state index in [1.165, 1.54) is 6.92 Å². The molecule has 0 aliphatic rings. The van der Waals surface area contributed by atoms with Crippen LogP contribution in [-0.4, -0.2) is 19.3 Å². The molecule has 0 radical (unpaired) electrons. The monoisotopic (exact) mass is 216 g/mol. The summed E-state index contributed by atoms with van der Waals surface area (Å²) in [5.41, 5.74) is 0. The van der Waals surface area contributed by atoms with E-state index < -0.39 is 13.1 Å². The summed E-state index contributed by atoms with van der Waals surface area (Å²) in [6.45, 7) is 4.75. The van der Waals surface area contributed by atoms with E-state index in [9.17, 15) is 4.79 Å². The number of rotatable bonds is 3. The highest BCUT2D eigenvalue weighted by Gasteiger charge is 2.38. The van der Waals surface area contributed by atoms with E-state index in [-0.39, 0.29) is 6.10 Å². The van der Waals surface area contributed by atoms with E-state index in [0.717, 1.165) is 0 Å². The quantitative estimate of drug-likeness (QED) is 0.534. The second-order valence-electron chi connectivity index (χ2n) is 2.22. The summed E-state index contributed by atoms with van der Waals surface area (Å²) in [7, 11) is -3.23. The summed E-state index contributed by atoms with van der Waals surface area (Å²) in [5, 5.41) is 0. The third kappa shape index (κ3) is 6.62. The maximum absolute atomic E-state index is 10.4. The minimum Gasteiger partial charge on any atom is -0.472 e. The van der Waals surface area contributed by atoms with Crippen LogP contribution in [0.25, 0.3) is 0 Å². The predicted octanol–water partition coefficient (Wildman–Crippen LogP) is 1.89. The fourth-order valence-corrected chi connectivity index (χ4v) is 3.12. The number of carbonyl (C=O) groups is 1. The lowest BCUT2D eigenvalue weighted by Gasteiger charge is -2.17. The van der Waals surface area contributed by atoms with Crippen molar-refractivity contribution in [2.75, 3.05) is 0 Å². The lowest BCUT2D eigenvalue weighted by atomic mass is 10.5. The van der Waals surface area contributed by atoms with Crippen LogP contribution >= 0.6 is 22.2 Å². The zero-order valence-electron chi connectivity index (χ0n) is 6.56. The lowest BCUT2D eigenvalue weighted by molar-refractivity contribution is -0.133. The molecular weight excluding hydrogens is 207 g/mol. The second kappa shape index (κ2) is 4.30. The molecule has 0 bridgehead atoms. The molecule has 0 aromatic rings. The lowest BCUT2D eigenvalue weighted by Crippen LogP contribution is -2.34. The molecule has 0 aromatic carbocycles. The Kier molecular flexibility index (Phi) is 4.39. The summed E-state index contributed by atoms with van der Waals surface area (Å²) in [5.74, 6) is -0.526. The van der Waals surface area contributed by atoms with Crippen molar-refractivity contribution < 1.29 is 13.6 Å². The molecule has 0 unspecified atom stereocenters. The Morgan fingerprint density at radius 3 is 2.18 bits per heavy atom. The van der Waals surface area contributed by atoms with Crippen molar-refractivity contribution in [2.24, 2.45) is 0 Å². The Balaban J connectivity index is 3.89. The van der Waals surface area contributed by atoms with Crippen molar-refractivity contribution >= 4 is 35.3 Å². The third-order valence-electron chi connectivity index (χ3n) is 0.635. The van der Waals surface area contributed by atoms with Crippen LogP contribution in [0.2, 0.25) is 0 Å². The second-order valence-corrected chi connectivity index (χ2v) is 7.16. The maximum Gasteiger partial charge on any atom is 0.618 e. The summed E-state index contributed by atoms with van der Waals surface area (Å²) in [6.07, 6.45) is -0.143. The first kappa shape index (κ1) is 11.2. The average molecular weight is 217 g/mol. The van der Waals surface area contributed by atoms with Crippen LogP contribution in [0.1, 0.15) is 20.8 Å². The Morgan fingerprint density at radius 1 is 1.45 bits per heavy atom. The summed E-state index contributed by atoms with van der Waals surface area (Å²) in [6, 6.07) is 0. The molecule has 0 atom stereocenters. The van der Waals surface area contributed by atoms with Gasteiger partial charge >= 0.3 is 7.18 Å². The molecule has 0 amide bonds. The largest absolute Gasteiger partial charge is 0.618 e. The Labute approximate surface area is 76.2 Å². The van der Waals surface area contributed by atoms with Gasteiger partial charge in [0.1, 0.15) is 0 Å². The molecule has 0 N–H and O–H groups in total. The molecule has 0 rings (SSSR count). The zero-order valence-corrected chi connectivity index (χ0v) is 9.07. The van der Waals surface area contributed by atoms with E-state index in [4.69, 9.17) is 26.6 Å². The van der Waals surface area contributed by atoms with Crippen LogP contribution in [0.3, 0.4) is 0 Å². The van der Waals surface area contributed by atoms with Crippen molar-refractivity contribution in [2.45, 2.75) is 26.9 Å². The molecule has 6 heteroatoms. The Bertz CT molecular complexity index is 149. The van der Waals surface area contributed by atoms with Crippen molar-refractivity contribution in [3.63, 3.8) is 0 Å². The normalized spacial score (nSPS) is 11.8. The summed E-state index contributed by atoms with van der Waals surface area (Å²) < 4.78 is 9.53. The number of halogens is 2. The molecule has 0 saturated heterocycles. The van der Waals surface area contributed by atoms with E-state index >= 15 is 0 Å². The fourth-order valence-electron chi connectivity index (χ4n) is 0.466. The van der Waals surface area contributed by atoms with E-state index in [1.54, 1.807) is 13.8 Å². The molecule has 11 heavy (non-hydrogen) atoms. The first-order valence-electron chi connectivity index (χ1n) is 3.08. The van der Waals surface area contributed by atoms with Gasteiger partial charge in [0.25, 0.3) is 5.97 Å². The van der Waals surface area contributed by atoms with Crippen molar-refractivity contribution in [3.8, 4) is 0 Å². The van der Waals surface area contributed by atoms with Gasteiger partial charge in [0.15, 0.2) is 0 Å².